The molecule has 2 atom stereocenters. The van der Waals surface area contributed by atoms with Crippen molar-refractivity contribution in [3.8, 4) is 0 Å². The van der Waals surface area contributed by atoms with Gasteiger partial charge in [-0.2, -0.15) is 17.2 Å². The van der Waals surface area contributed by atoms with Crippen LogP contribution in [0.25, 0.3) is 0 Å². The van der Waals surface area contributed by atoms with Crippen molar-refractivity contribution in [2.75, 3.05) is 13.2 Å². The molecule has 0 saturated heterocycles. The highest BCUT2D eigenvalue weighted by Crippen LogP contribution is 2.63. The standard InChI is InChI=1S/C17H26F2O6S/c1-2-3-4-25-16-8-12-5-13(9-16)7-15(6-12,10-16)14(20)24-11-17(18,19)26(21,22)23/h12-13H,2-11H2,1H3,(H,21,22,23). The van der Waals surface area contributed by atoms with E-state index in [1.54, 1.807) is 0 Å². The second kappa shape index (κ2) is 6.67. The maximum Gasteiger partial charge on any atom is 0.402 e. The lowest BCUT2D eigenvalue weighted by Crippen LogP contribution is -2.59. The average Bonchev–Trinajstić information content (AvgIpc) is 2.50. The molecule has 1 N–H and O–H groups in total. The molecule has 0 aliphatic heterocycles. The summed E-state index contributed by atoms with van der Waals surface area (Å²) in [4.78, 5) is 12.7. The molecule has 4 aliphatic carbocycles. The van der Waals surface area contributed by atoms with Crippen LogP contribution in [0.4, 0.5) is 8.78 Å². The summed E-state index contributed by atoms with van der Waals surface area (Å²) in [5, 5.41) is -4.50. The normalized spacial score (nSPS) is 36.3. The second-order valence-electron chi connectivity index (χ2n) is 8.31. The maximum atomic E-state index is 13.4. The van der Waals surface area contributed by atoms with Crippen molar-refractivity contribution >= 4 is 16.1 Å². The van der Waals surface area contributed by atoms with E-state index in [0.29, 0.717) is 37.7 Å². The number of carbonyl (C=O) groups is 1. The van der Waals surface area contributed by atoms with Crippen molar-refractivity contribution in [1.29, 1.82) is 0 Å². The molecule has 0 aromatic rings. The number of rotatable bonds is 8. The third kappa shape index (κ3) is 3.62. The fraction of sp³-hybridized carbons (Fsp3) is 0.941. The van der Waals surface area contributed by atoms with E-state index < -0.39 is 39.0 Å². The topological polar surface area (TPSA) is 89.9 Å². The zero-order valence-corrected chi connectivity index (χ0v) is 15.7. The van der Waals surface area contributed by atoms with Gasteiger partial charge in [0.25, 0.3) is 0 Å². The van der Waals surface area contributed by atoms with E-state index in [1.807, 2.05) is 0 Å². The first-order valence-corrected chi connectivity index (χ1v) is 10.6. The number of unbranched alkanes of at least 4 members (excludes halogenated alkanes) is 1. The summed E-state index contributed by atoms with van der Waals surface area (Å²) in [5.41, 5.74) is -1.28. The van der Waals surface area contributed by atoms with Crippen LogP contribution in [0.15, 0.2) is 0 Å². The van der Waals surface area contributed by atoms with Crippen LogP contribution in [0.3, 0.4) is 0 Å². The lowest BCUT2D eigenvalue weighted by Gasteiger charge is -2.60. The van der Waals surface area contributed by atoms with Crippen molar-refractivity contribution in [2.24, 2.45) is 17.3 Å². The van der Waals surface area contributed by atoms with E-state index in [-0.39, 0.29) is 0 Å². The monoisotopic (exact) mass is 396 g/mol. The Morgan fingerprint density at radius 3 is 2.38 bits per heavy atom. The number of ether oxygens (including phenoxy) is 2. The molecule has 9 heteroatoms. The Kier molecular flexibility index (Phi) is 5.12. The minimum absolute atomic E-state index is 0.299. The van der Waals surface area contributed by atoms with Gasteiger partial charge in [0, 0.05) is 6.61 Å². The molecular formula is C17H26F2O6S. The van der Waals surface area contributed by atoms with Crippen LogP contribution in [-0.4, -0.2) is 43.0 Å². The van der Waals surface area contributed by atoms with Gasteiger partial charge in [-0.15, -0.1) is 0 Å². The quantitative estimate of drug-likeness (QED) is 0.385. The summed E-state index contributed by atoms with van der Waals surface area (Å²) >= 11 is 0. The molecule has 6 nitrogen and oxygen atoms in total. The number of hydrogen-bond donors (Lipinski definition) is 1. The molecule has 4 fully saturated rings. The van der Waals surface area contributed by atoms with E-state index in [2.05, 4.69) is 6.92 Å². The summed E-state index contributed by atoms with van der Waals surface area (Å²) in [6.45, 7) is 1.02. The molecule has 4 saturated carbocycles. The SMILES string of the molecule is CCCCOC12CC3CC(C1)CC(C(=O)OCC(F)(F)S(=O)(=O)O)(C3)C2. The van der Waals surface area contributed by atoms with Gasteiger partial charge in [0.2, 0.25) is 0 Å². The van der Waals surface area contributed by atoms with Crippen LogP contribution < -0.4 is 0 Å². The molecule has 0 spiro atoms. The van der Waals surface area contributed by atoms with Crippen molar-refractivity contribution in [2.45, 2.75) is 69.1 Å². The first-order chi connectivity index (χ1) is 12.0. The second-order valence-corrected chi connectivity index (χ2v) is 9.86. The molecule has 0 amide bonds. The van der Waals surface area contributed by atoms with Gasteiger partial charge in [0.05, 0.1) is 11.0 Å². The fourth-order valence-electron chi connectivity index (χ4n) is 5.40. The van der Waals surface area contributed by atoms with Gasteiger partial charge in [-0.25, -0.2) is 0 Å². The Labute approximate surface area is 152 Å². The Balaban J connectivity index is 1.71. The third-order valence-corrected chi connectivity index (χ3v) is 6.97. The fourth-order valence-corrected chi connectivity index (χ4v) is 5.60. The number of alkyl halides is 2. The highest BCUT2D eigenvalue weighted by Gasteiger charge is 2.62. The van der Waals surface area contributed by atoms with Crippen molar-refractivity contribution < 1.29 is 36.0 Å². The summed E-state index contributed by atoms with van der Waals surface area (Å²) in [7, 11) is -5.62. The van der Waals surface area contributed by atoms with Crippen molar-refractivity contribution in [1.82, 2.24) is 0 Å². The van der Waals surface area contributed by atoms with Crippen molar-refractivity contribution in [3.63, 3.8) is 0 Å². The Bertz CT molecular complexity index is 648. The summed E-state index contributed by atoms with van der Waals surface area (Å²) in [5.74, 6) is -0.196. The predicted molar refractivity (Wildman–Crippen MR) is 88.2 cm³/mol. The van der Waals surface area contributed by atoms with Gasteiger partial charge in [0.1, 0.15) is 0 Å². The first kappa shape index (κ1) is 19.9. The smallest absolute Gasteiger partial charge is 0.402 e. The number of carbonyl (C=O) groups excluding carboxylic acids is 1. The Morgan fingerprint density at radius 2 is 1.85 bits per heavy atom. The van der Waals surface area contributed by atoms with Gasteiger partial charge in [-0.3, -0.25) is 9.35 Å². The Hall–Kier alpha value is -0.800. The third-order valence-electron chi connectivity index (χ3n) is 6.10. The zero-order valence-electron chi connectivity index (χ0n) is 14.9. The van der Waals surface area contributed by atoms with Crippen LogP contribution in [0.2, 0.25) is 0 Å². The molecule has 26 heavy (non-hydrogen) atoms. The zero-order chi connectivity index (χ0) is 19.2. The maximum absolute atomic E-state index is 13.4. The van der Waals surface area contributed by atoms with E-state index in [0.717, 1.165) is 32.1 Å². The van der Waals surface area contributed by atoms with Crippen LogP contribution >= 0.6 is 0 Å². The van der Waals surface area contributed by atoms with Gasteiger partial charge in [0.15, 0.2) is 6.61 Å². The van der Waals surface area contributed by atoms with Gasteiger partial charge >= 0.3 is 21.3 Å². The van der Waals surface area contributed by atoms with Gasteiger partial charge in [-0.1, -0.05) is 13.3 Å². The molecule has 4 bridgehead atoms. The lowest BCUT2D eigenvalue weighted by atomic mass is 9.48. The van der Waals surface area contributed by atoms with Gasteiger partial charge in [-0.05, 0) is 56.8 Å². The minimum Gasteiger partial charge on any atom is -0.458 e. The van der Waals surface area contributed by atoms with Crippen LogP contribution in [0.5, 0.6) is 0 Å². The average molecular weight is 396 g/mol. The molecule has 4 aliphatic rings. The van der Waals surface area contributed by atoms with Crippen molar-refractivity contribution in [3.05, 3.63) is 0 Å². The number of hydrogen-bond acceptors (Lipinski definition) is 5. The lowest BCUT2D eigenvalue weighted by molar-refractivity contribution is -0.212. The summed E-state index contributed by atoms with van der Waals surface area (Å²) in [6, 6.07) is 0. The largest absolute Gasteiger partial charge is 0.458 e. The molecule has 150 valence electrons. The number of halogens is 2. The molecule has 2 unspecified atom stereocenters. The Morgan fingerprint density at radius 1 is 1.23 bits per heavy atom. The molecule has 0 aromatic carbocycles. The van der Waals surface area contributed by atoms with E-state index in [9.17, 15) is 22.0 Å². The van der Waals surface area contributed by atoms with Crippen LogP contribution in [0.1, 0.15) is 58.3 Å². The minimum atomic E-state index is -5.62. The van der Waals surface area contributed by atoms with E-state index in [4.69, 9.17) is 14.0 Å². The number of esters is 1. The summed E-state index contributed by atoms with van der Waals surface area (Å²) in [6.07, 6.45) is 6.27. The van der Waals surface area contributed by atoms with E-state index in [1.165, 1.54) is 0 Å². The highest BCUT2D eigenvalue weighted by atomic mass is 32.2. The molecule has 0 heterocycles. The summed E-state index contributed by atoms with van der Waals surface area (Å²) < 4.78 is 67.7. The van der Waals surface area contributed by atoms with Crippen LogP contribution in [-0.2, 0) is 24.4 Å². The van der Waals surface area contributed by atoms with Crippen LogP contribution in [0, 0.1) is 17.3 Å². The molecule has 0 radical (unpaired) electrons. The van der Waals surface area contributed by atoms with E-state index >= 15 is 0 Å². The molecule has 4 rings (SSSR count). The first-order valence-electron chi connectivity index (χ1n) is 9.17. The van der Waals surface area contributed by atoms with Gasteiger partial charge < -0.3 is 9.47 Å². The predicted octanol–water partition coefficient (Wildman–Crippen LogP) is 3.17. The molecular weight excluding hydrogens is 370 g/mol. The molecule has 0 aromatic heterocycles. The highest BCUT2D eigenvalue weighted by molar-refractivity contribution is 7.86.